The summed E-state index contributed by atoms with van der Waals surface area (Å²) in [6, 6.07) is 63.1. The van der Waals surface area contributed by atoms with E-state index in [9.17, 15) is 0 Å². The van der Waals surface area contributed by atoms with E-state index in [2.05, 4.69) is 170 Å². The van der Waals surface area contributed by atoms with Crippen molar-refractivity contribution in [2.75, 3.05) is 0 Å². The van der Waals surface area contributed by atoms with Gasteiger partial charge < -0.3 is 0 Å². The van der Waals surface area contributed by atoms with E-state index in [0.717, 1.165) is 0 Å². The summed E-state index contributed by atoms with van der Waals surface area (Å²) in [5.41, 5.74) is 12.9. The van der Waals surface area contributed by atoms with Crippen LogP contribution in [0.3, 0.4) is 0 Å². The quantitative estimate of drug-likeness (QED) is 0.184. The van der Waals surface area contributed by atoms with Gasteiger partial charge in [0.05, 0.1) is 0 Å². The lowest BCUT2D eigenvalue weighted by atomic mass is 9.89. The van der Waals surface area contributed by atoms with Gasteiger partial charge in [-0.3, -0.25) is 0 Å². The van der Waals surface area contributed by atoms with E-state index in [-0.39, 0.29) is 0 Å². The first kappa shape index (κ1) is 28.3. The molecule has 0 spiro atoms. The summed E-state index contributed by atoms with van der Waals surface area (Å²) in [4.78, 5) is 5.33. The number of hydrogen-bond donors (Lipinski definition) is 0. The molecule has 50 heavy (non-hydrogen) atoms. The minimum absolute atomic E-state index is 1.24. The third-order valence-electron chi connectivity index (χ3n) is 10.5. The van der Waals surface area contributed by atoms with E-state index in [1.165, 1.54) is 108 Å². The Balaban J connectivity index is 0.955. The Bertz CT molecular complexity index is 2860. The summed E-state index contributed by atoms with van der Waals surface area (Å²) in [6.07, 6.45) is 0. The number of rotatable bonds is 3. The summed E-state index contributed by atoms with van der Waals surface area (Å²) < 4.78 is 0. The number of hydrogen-bond acceptors (Lipinski definition) is 2. The molecular weight excluding hydrogens is 641 g/mol. The molecule has 0 amide bonds. The van der Waals surface area contributed by atoms with Crippen molar-refractivity contribution >= 4 is 55.8 Å². The van der Waals surface area contributed by atoms with Crippen molar-refractivity contribution in [2.24, 2.45) is 0 Å². The molecule has 9 aromatic rings. The second kappa shape index (κ2) is 11.0. The largest absolute Gasteiger partial charge is 0.0887 e. The first-order valence-electron chi connectivity index (χ1n) is 17.1. The standard InChI is InChI=1S/C48H28S2/c1-2-8-33-26-34(17-16-29(33)6-1)30-12-14-31(15-13-30)35-18-20-39-41-22-23-42-40-21-19-36(38-11-5-9-32-7-3-4-10-37(32)38)28-46(40)50-44-25-24-43(47(41)48(42)44)49-45(39)27-35/h1-28H. The predicted molar refractivity (Wildman–Crippen MR) is 214 cm³/mol. The molecule has 232 valence electrons. The Labute approximate surface area is 299 Å². The second-order valence-corrected chi connectivity index (χ2v) is 15.4. The van der Waals surface area contributed by atoms with Gasteiger partial charge in [0, 0.05) is 30.4 Å². The minimum atomic E-state index is 1.24. The van der Waals surface area contributed by atoms with Crippen LogP contribution in [0.25, 0.3) is 88.0 Å². The van der Waals surface area contributed by atoms with Crippen LogP contribution in [0.5, 0.6) is 0 Å². The Morgan fingerprint density at radius 1 is 0.260 bits per heavy atom. The Morgan fingerprint density at radius 2 is 0.760 bits per heavy atom. The molecule has 0 unspecified atom stereocenters. The van der Waals surface area contributed by atoms with Crippen LogP contribution < -0.4 is 0 Å². The van der Waals surface area contributed by atoms with Gasteiger partial charge in [0.1, 0.15) is 0 Å². The van der Waals surface area contributed by atoms with Gasteiger partial charge in [0.2, 0.25) is 0 Å². The lowest BCUT2D eigenvalue weighted by Crippen LogP contribution is -1.99. The molecule has 0 N–H and O–H groups in total. The minimum Gasteiger partial charge on any atom is -0.0887 e. The average molecular weight is 669 g/mol. The molecule has 0 nitrogen and oxygen atoms in total. The first-order valence-corrected chi connectivity index (χ1v) is 18.7. The lowest BCUT2D eigenvalue weighted by Gasteiger charge is -2.27. The zero-order valence-corrected chi connectivity index (χ0v) is 28.6. The maximum absolute atomic E-state index is 2.39. The van der Waals surface area contributed by atoms with Crippen LogP contribution in [0, 0.1) is 0 Å². The molecule has 0 radical (unpaired) electrons. The molecule has 0 aromatic heterocycles. The fourth-order valence-corrected chi connectivity index (χ4v) is 10.3. The molecule has 0 bridgehead atoms. The highest BCUT2D eigenvalue weighted by Crippen LogP contribution is 2.56. The third-order valence-corrected chi connectivity index (χ3v) is 12.7. The highest BCUT2D eigenvalue weighted by atomic mass is 32.2. The van der Waals surface area contributed by atoms with Crippen molar-refractivity contribution in [1.82, 2.24) is 0 Å². The zero-order valence-electron chi connectivity index (χ0n) is 27.0. The molecule has 0 atom stereocenters. The van der Waals surface area contributed by atoms with E-state index in [1.54, 1.807) is 0 Å². The van der Waals surface area contributed by atoms with Gasteiger partial charge in [-0.1, -0.05) is 163 Å². The van der Waals surface area contributed by atoms with Gasteiger partial charge >= 0.3 is 0 Å². The summed E-state index contributed by atoms with van der Waals surface area (Å²) in [6.45, 7) is 0. The molecular formula is C48H28S2. The highest BCUT2D eigenvalue weighted by Gasteiger charge is 2.27. The topological polar surface area (TPSA) is 0 Å². The summed E-state index contributed by atoms with van der Waals surface area (Å²) >= 11 is 3.82. The molecule has 2 aliphatic heterocycles. The lowest BCUT2D eigenvalue weighted by molar-refractivity contribution is 1.34. The second-order valence-electron chi connectivity index (χ2n) is 13.3. The van der Waals surface area contributed by atoms with Gasteiger partial charge in [-0.15, -0.1) is 0 Å². The number of fused-ring (bicyclic) bond motifs is 6. The molecule has 2 heteroatoms. The summed E-state index contributed by atoms with van der Waals surface area (Å²) in [5.74, 6) is 0. The first-order chi connectivity index (χ1) is 24.7. The van der Waals surface area contributed by atoms with Gasteiger partial charge in [-0.25, -0.2) is 0 Å². The van der Waals surface area contributed by atoms with E-state index in [1.807, 2.05) is 23.5 Å². The van der Waals surface area contributed by atoms with Crippen LogP contribution in [0.15, 0.2) is 189 Å². The Kier molecular flexibility index (Phi) is 6.22. The SMILES string of the molecule is c1ccc2cc(-c3ccc(-c4ccc5c(c4)Sc4ccc6c7c(ccc-5c47)-c4ccc(-c5cccc7ccccc57)cc4S6)cc3)ccc2c1. The van der Waals surface area contributed by atoms with Crippen molar-refractivity contribution in [3.63, 3.8) is 0 Å². The summed E-state index contributed by atoms with van der Waals surface area (Å²) in [5, 5.41) is 7.90. The Hall–Kier alpha value is -5.54. The predicted octanol–water partition coefficient (Wildman–Crippen LogP) is 14.4. The van der Waals surface area contributed by atoms with Crippen molar-refractivity contribution in [3.05, 3.63) is 170 Å². The third kappa shape index (κ3) is 4.35. The molecule has 0 saturated heterocycles. The van der Waals surface area contributed by atoms with Crippen LogP contribution >= 0.6 is 23.5 Å². The van der Waals surface area contributed by atoms with Crippen LogP contribution in [-0.4, -0.2) is 0 Å². The number of benzene rings is 9. The van der Waals surface area contributed by atoms with Gasteiger partial charge in [0.25, 0.3) is 0 Å². The zero-order chi connectivity index (χ0) is 32.8. The maximum Gasteiger partial charge on any atom is 0.0208 e. The van der Waals surface area contributed by atoms with E-state index >= 15 is 0 Å². The molecule has 2 aliphatic rings. The van der Waals surface area contributed by atoms with Crippen LogP contribution in [0.1, 0.15) is 0 Å². The molecule has 0 fully saturated rings. The van der Waals surface area contributed by atoms with E-state index < -0.39 is 0 Å². The smallest absolute Gasteiger partial charge is 0.0208 e. The van der Waals surface area contributed by atoms with Crippen LogP contribution in [-0.2, 0) is 0 Å². The summed E-state index contributed by atoms with van der Waals surface area (Å²) in [7, 11) is 0. The van der Waals surface area contributed by atoms with E-state index in [0.29, 0.717) is 0 Å². The van der Waals surface area contributed by atoms with Gasteiger partial charge in [-0.05, 0) is 108 Å². The van der Waals surface area contributed by atoms with E-state index in [4.69, 9.17) is 0 Å². The van der Waals surface area contributed by atoms with Gasteiger partial charge in [-0.2, -0.15) is 0 Å². The normalized spacial score (nSPS) is 12.6. The van der Waals surface area contributed by atoms with Crippen molar-refractivity contribution in [1.29, 1.82) is 0 Å². The maximum atomic E-state index is 2.39. The highest BCUT2D eigenvalue weighted by molar-refractivity contribution is 8.00. The molecule has 0 saturated carbocycles. The fourth-order valence-electron chi connectivity index (χ4n) is 8.00. The van der Waals surface area contributed by atoms with Crippen LogP contribution in [0.2, 0.25) is 0 Å². The monoisotopic (exact) mass is 668 g/mol. The van der Waals surface area contributed by atoms with Crippen molar-refractivity contribution in [2.45, 2.75) is 19.6 Å². The van der Waals surface area contributed by atoms with Crippen LogP contribution in [0.4, 0.5) is 0 Å². The Morgan fingerprint density at radius 3 is 1.46 bits per heavy atom. The van der Waals surface area contributed by atoms with Crippen molar-refractivity contribution < 1.29 is 0 Å². The van der Waals surface area contributed by atoms with Gasteiger partial charge in [0.15, 0.2) is 0 Å². The van der Waals surface area contributed by atoms with Crippen molar-refractivity contribution in [3.8, 4) is 55.6 Å². The molecule has 2 heterocycles. The average Bonchev–Trinajstić information content (AvgIpc) is 3.18. The molecule has 11 rings (SSSR count). The fraction of sp³-hybridized carbons (Fsp3) is 0. The molecule has 9 aromatic carbocycles. The molecule has 0 aliphatic carbocycles.